The van der Waals surface area contributed by atoms with Crippen molar-refractivity contribution in [2.24, 2.45) is 0 Å². The maximum absolute atomic E-state index is 2.34. The zero-order valence-corrected chi connectivity index (χ0v) is 14.0. The molecule has 0 radical (unpaired) electrons. The molecule has 0 fully saturated rings. The van der Waals surface area contributed by atoms with Crippen molar-refractivity contribution in [1.29, 1.82) is 0 Å². The molecule has 1 heteroatoms. The SMILES string of the molecule is CCCC[B-](CCCC)(CCCC)Cc1ccccc1. The molecule has 0 aliphatic rings. The Morgan fingerprint density at radius 3 is 1.55 bits per heavy atom. The molecule has 20 heavy (non-hydrogen) atoms. The lowest BCUT2D eigenvalue weighted by molar-refractivity contribution is 0.784. The van der Waals surface area contributed by atoms with Gasteiger partial charge in [-0.1, -0.05) is 95.2 Å². The van der Waals surface area contributed by atoms with Crippen molar-refractivity contribution in [1.82, 2.24) is 0 Å². The molecule has 0 N–H and O–H groups in total. The van der Waals surface area contributed by atoms with Gasteiger partial charge in [0.25, 0.3) is 0 Å². The third kappa shape index (κ3) is 6.16. The second kappa shape index (κ2) is 10.1. The highest BCUT2D eigenvalue weighted by molar-refractivity contribution is 6.79. The van der Waals surface area contributed by atoms with Gasteiger partial charge in [0.2, 0.25) is 0 Å². The summed E-state index contributed by atoms with van der Waals surface area (Å²) < 4.78 is 0. The molecule has 1 rings (SSSR count). The first-order valence-corrected chi connectivity index (χ1v) is 9.02. The van der Waals surface area contributed by atoms with Gasteiger partial charge < -0.3 is 0 Å². The van der Waals surface area contributed by atoms with Crippen LogP contribution in [0.3, 0.4) is 0 Å². The summed E-state index contributed by atoms with van der Waals surface area (Å²) in [5.41, 5.74) is 1.57. The zero-order valence-electron chi connectivity index (χ0n) is 14.0. The second-order valence-electron chi connectivity index (χ2n) is 6.85. The van der Waals surface area contributed by atoms with Gasteiger partial charge in [-0.15, -0.1) is 0 Å². The highest BCUT2D eigenvalue weighted by Crippen LogP contribution is 2.31. The summed E-state index contributed by atoms with van der Waals surface area (Å²) in [6.07, 6.45) is 13.9. The Morgan fingerprint density at radius 2 is 1.15 bits per heavy atom. The third-order valence-electron chi connectivity index (χ3n) is 5.02. The molecule has 0 heterocycles. The fraction of sp³-hybridized carbons (Fsp3) is 0.684. The average molecular weight is 273 g/mol. The Kier molecular flexibility index (Phi) is 8.73. The fourth-order valence-electron chi connectivity index (χ4n) is 3.76. The minimum atomic E-state index is -0.187. The first-order valence-electron chi connectivity index (χ1n) is 9.02. The van der Waals surface area contributed by atoms with Crippen molar-refractivity contribution < 1.29 is 0 Å². The van der Waals surface area contributed by atoms with E-state index in [9.17, 15) is 0 Å². The Labute approximate surface area is 127 Å². The molecule has 1 aromatic rings. The van der Waals surface area contributed by atoms with E-state index < -0.39 is 0 Å². The van der Waals surface area contributed by atoms with E-state index in [1.54, 1.807) is 5.56 Å². The Balaban J connectivity index is 2.81. The van der Waals surface area contributed by atoms with Crippen molar-refractivity contribution in [3.05, 3.63) is 35.9 Å². The summed E-state index contributed by atoms with van der Waals surface area (Å²) in [6, 6.07) is 11.2. The fourth-order valence-corrected chi connectivity index (χ4v) is 3.76. The molecule has 0 aliphatic carbocycles. The van der Waals surface area contributed by atoms with Crippen LogP contribution in [0.25, 0.3) is 0 Å². The highest BCUT2D eigenvalue weighted by atomic mass is 14.0. The summed E-state index contributed by atoms with van der Waals surface area (Å²) in [7, 11) is 0. The number of rotatable bonds is 11. The summed E-state index contributed by atoms with van der Waals surface area (Å²) in [6.45, 7) is 7.01. The van der Waals surface area contributed by atoms with Gasteiger partial charge in [0.15, 0.2) is 0 Å². The van der Waals surface area contributed by atoms with E-state index in [0.717, 1.165) is 0 Å². The van der Waals surface area contributed by atoms with E-state index in [1.807, 2.05) is 0 Å². The monoisotopic (exact) mass is 273 g/mol. The largest absolute Gasteiger partial charge is 0.178 e. The van der Waals surface area contributed by atoms with Gasteiger partial charge in [0.05, 0.1) is 0 Å². The Bertz CT molecular complexity index is 309. The summed E-state index contributed by atoms with van der Waals surface area (Å²) in [5.74, 6) is 0. The molecule has 114 valence electrons. The van der Waals surface area contributed by atoms with Crippen LogP contribution in [0.1, 0.15) is 64.9 Å². The van der Waals surface area contributed by atoms with Crippen LogP contribution in [0.5, 0.6) is 0 Å². The van der Waals surface area contributed by atoms with Crippen LogP contribution in [0, 0.1) is 0 Å². The standard InChI is InChI=1S/C19H34B/c1-4-7-15-20(16-8-5-2,17-9-6-3)18-19-13-11-10-12-14-19/h10-14H,4-9,15-18H2,1-3H3/q-1. The lowest BCUT2D eigenvalue weighted by Crippen LogP contribution is -2.37. The number of hydrogen-bond donors (Lipinski definition) is 0. The predicted molar refractivity (Wildman–Crippen MR) is 95.0 cm³/mol. The van der Waals surface area contributed by atoms with E-state index in [4.69, 9.17) is 0 Å². The van der Waals surface area contributed by atoms with Crippen molar-refractivity contribution in [2.45, 2.75) is 84.6 Å². The van der Waals surface area contributed by atoms with Gasteiger partial charge in [0.1, 0.15) is 0 Å². The normalized spacial score (nSPS) is 11.8. The molecule has 0 unspecified atom stereocenters. The maximum Gasteiger partial charge on any atom is 0.00531 e. The Hall–Kier alpha value is -0.715. The molecule has 0 bridgehead atoms. The smallest absolute Gasteiger partial charge is 0.00531 e. The van der Waals surface area contributed by atoms with E-state index in [2.05, 4.69) is 51.1 Å². The van der Waals surface area contributed by atoms with Gasteiger partial charge in [0, 0.05) is 6.15 Å². The van der Waals surface area contributed by atoms with E-state index in [1.165, 1.54) is 63.8 Å². The van der Waals surface area contributed by atoms with Gasteiger partial charge >= 0.3 is 0 Å². The molecule has 1 aromatic carbocycles. The number of unbranched alkanes of at least 4 members (excludes halogenated alkanes) is 3. The van der Waals surface area contributed by atoms with Crippen LogP contribution in [-0.2, 0) is 6.32 Å². The van der Waals surface area contributed by atoms with Crippen molar-refractivity contribution in [2.75, 3.05) is 0 Å². The molecule has 0 atom stereocenters. The molecule has 0 saturated heterocycles. The van der Waals surface area contributed by atoms with Gasteiger partial charge in [-0.2, -0.15) is 25.3 Å². The molecule has 0 amide bonds. The quantitative estimate of drug-likeness (QED) is 0.397. The summed E-state index contributed by atoms with van der Waals surface area (Å²) in [4.78, 5) is 0. The second-order valence-corrected chi connectivity index (χ2v) is 6.85. The van der Waals surface area contributed by atoms with Crippen LogP contribution in [-0.4, -0.2) is 6.15 Å². The van der Waals surface area contributed by atoms with E-state index in [0.29, 0.717) is 0 Å². The minimum Gasteiger partial charge on any atom is -0.178 e. The summed E-state index contributed by atoms with van der Waals surface area (Å²) in [5, 5.41) is 0. The molecule has 0 aliphatic heterocycles. The molecular formula is C19H34B-. The molecular weight excluding hydrogens is 239 g/mol. The van der Waals surface area contributed by atoms with Crippen LogP contribution in [0.15, 0.2) is 30.3 Å². The molecule has 0 spiro atoms. The predicted octanol–water partition coefficient (Wildman–Crippen LogP) is 6.62. The van der Waals surface area contributed by atoms with Gasteiger partial charge in [-0.05, 0) is 0 Å². The Morgan fingerprint density at radius 1 is 0.700 bits per heavy atom. The van der Waals surface area contributed by atoms with Gasteiger partial charge in [-0.3, -0.25) is 0 Å². The molecule has 0 nitrogen and oxygen atoms in total. The minimum absolute atomic E-state index is 0.187. The zero-order chi connectivity index (χ0) is 14.7. The van der Waals surface area contributed by atoms with E-state index >= 15 is 0 Å². The lowest BCUT2D eigenvalue weighted by atomic mass is 9.17. The first-order chi connectivity index (χ1) is 9.76. The van der Waals surface area contributed by atoms with Crippen LogP contribution >= 0.6 is 0 Å². The number of hydrogen-bond acceptors (Lipinski definition) is 0. The molecule has 0 saturated carbocycles. The average Bonchev–Trinajstić information content (AvgIpc) is 2.49. The lowest BCUT2D eigenvalue weighted by Gasteiger charge is -2.40. The van der Waals surface area contributed by atoms with Crippen molar-refractivity contribution in [3.63, 3.8) is 0 Å². The number of benzene rings is 1. The van der Waals surface area contributed by atoms with Crippen molar-refractivity contribution >= 4 is 6.15 Å². The first kappa shape index (κ1) is 17.3. The third-order valence-corrected chi connectivity index (χ3v) is 5.02. The highest BCUT2D eigenvalue weighted by Gasteiger charge is 2.23. The summed E-state index contributed by atoms with van der Waals surface area (Å²) >= 11 is 0. The maximum atomic E-state index is 2.34. The topological polar surface area (TPSA) is 0 Å². The van der Waals surface area contributed by atoms with Crippen LogP contribution < -0.4 is 0 Å². The van der Waals surface area contributed by atoms with E-state index in [-0.39, 0.29) is 6.15 Å². The van der Waals surface area contributed by atoms with Gasteiger partial charge in [-0.25, -0.2) is 0 Å². The van der Waals surface area contributed by atoms with Crippen molar-refractivity contribution in [3.8, 4) is 0 Å². The van der Waals surface area contributed by atoms with Crippen LogP contribution in [0.2, 0.25) is 19.0 Å². The van der Waals surface area contributed by atoms with Crippen LogP contribution in [0.4, 0.5) is 0 Å². The molecule has 0 aromatic heterocycles.